The molecule has 3 aliphatic rings. The zero-order chi connectivity index (χ0) is 39.8. The second kappa shape index (κ2) is 18.9. The quantitative estimate of drug-likeness (QED) is 0.0912. The predicted octanol–water partition coefficient (Wildman–Crippen LogP) is 12.2. The number of allylic oxidation sites excluding steroid dienone is 2. The van der Waals surface area contributed by atoms with Gasteiger partial charge in [0, 0.05) is 22.7 Å². The number of nitrogens with zero attached hydrogens (tertiary/aromatic N) is 2. The van der Waals surface area contributed by atoms with Crippen LogP contribution in [0.25, 0.3) is 12.2 Å². The Labute approximate surface area is 330 Å². The molecule has 1 fully saturated rings. The van der Waals surface area contributed by atoms with Crippen LogP contribution in [-0.2, 0) is 12.8 Å². The smallest absolute Gasteiger partial charge is 0.200 e. The average Bonchev–Trinajstić information content (AvgIpc) is 3.20. The maximum absolute atomic E-state index is 13.9. The van der Waals surface area contributed by atoms with Crippen LogP contribution in [0.15, 0.2) is 82.8 Å². The molecule has 1 saturated carbocycles. The number of hydrogen-bond acceptors (Lipinski definition) is 4. The van der Waals surface area contributed by atoms with E-state index in [-0.39, 0.29) is 6.04 Å². The van der Waals surface area contributed by atoms with Gasteiger partial charge in [-0.05, 0) is 128 Å². The molecule has 1 unspecified atom stereocenters. The van der Waals surface area contributed by atoms with E-state index in [1.807, 2.05) is 48.5 Å². The Morgan fingerprint density at radius 1 is 0.714 bits per heavy atom. The van der Waals surface area contributed by atoms with Crippen LogP contribution in [0.2, 0.25) is 5.02 Å². The fraction of sp³-hybridized carbons (Fsp3) is 0.348. The average molecular weight is 789 g/mol. The number of fused-ring (bicyclic) bond motifs is 2. The maximum atomic E-state index is 13.9. The standard InChI is InChI=1S/C24H22F5NO.C22H24ClNO/c25-20-18(21(26)23(28)24(29)22(20)27)8-9-19-17-7-6-16(12-15(17)10-11-30-19)31-13-14-4-2-1-3-5-14;1-15(2)14-25-20-9-10-21-18(13-20)12-16(3)24-22(21)11-6-17-4-7-19(23)8-5-17/h6-9,12,14H,1-5,10-11,13H2;4-11,13,15-16H,12,14H2,1-3H3/b9-8+;. The molecule has 2 aliphatic heterocycles. The minimum atomic E-state index is -2.17. The number of ether oxygens (including phenoxy) is 2. The Balaban J connectivity index is 0.000000194. The van der Waals surface area contributed by atoms with E-state index in [2.05, 4.69) is 50.0 Å². The molecule has 0 aromatic heterocycles. The summed E-state index contributed by atoms with van der Waals surface area (Å²) >= 11 is 5.95. The first kappa shape index (κ1) is 40.9. The lowest BCUT2D eigenvalue weighted by Gasteiger charge is -2.22. The molecule has 4 aromatic rings. The second-order valence-electron chi connectivity index (χ2n) is 14.9. The number of aliphatic imine (C=N–C) groups is 2. The topological polar surface area (TPSA) is 43.2 Å². The minimum absolute atomic E-state index is 0.276. The molecule has 294 valence electrons. The summed E-state index contributed by atoms with van der Waals surface area (Å²) in [6.07, 6.45) is 14.1. The van der Waals surface area contributed by atoms with Crippen LogP contribution >= 0.6 is 11.6 Å². The first-order chi connectivity index (χ1) is 27.0. The first-order valence-corrected chi connectivity index (χ1v) is 19.6. The summed E-state index contributed by atoms with van der Waals surface area (Å²) in [5.74, 6) is -7.04. The van der Waals surface area contributed by atoms with E-state index in [0.29, 0.717) is 37.1 Å². The second-order valence-corrected chi connectivity index (χ2v) is 15.4. The lowest BCUT2D eigenvalue weighted by molar-refractivity contribution is 0.208. The summed E-state index contributed by atoms with van der Waals surface area (Å²) in [7, 11) is 0. The normalized spacial score (nSPS) is 16.9. The highest BCUT2D eigenvalue weighted by Crippen LogP contribution is 2.29. The Kier molecular flexibility index (Phi) is 13.8. The van der Waals surface area contributed by atoms with Gasteiger partial charge in [0.1, 0.15) is 11.5 Å². The van der Waals surface area contributed by atoms with Crippen LogP contribution in [0.5, 0.6) is 11.5 Å². The Bertz CT molecular complexity index is 2110. The van der Waals surface area contributed by atoms with Crippen molar-refractivity contribution in [3.63, 3.8) is 0 Å². The van der Waals surface area contributed by atoms with Crippen molar-refractivity contribution in [2.45, 2.75) is 71.8 Å². The summed E-state index contributed by atoms with van der Waals surface area (Å²) in [4.78, 5) is 9.16. The molecule has 7 rings (SSSR count). The van der Waals surface area contributed by atoms with Crippen molar-refractivity contribution in [3.8, 4) is 11.5 Å². The van der Waals surface area contributed by atoms with Crippen molar-refractivity contribution in [1.29, 1.82) is 0 Å². The zero-order valence-electron chi connectivity index (χ0n) is 31.9. The predicted molar refractivity (Wildman–Crippen MR) is 216 cm³/mol. The molecular weight excluding hydrogens is 743 g/mol. The molecule has 0 N–H and O–H groups in total. The van der Waals surface area contributed by atoms with Crippen LogP contribution < -0.4 is 9.47 Å². The minimum Gasteiger partial charge on any atom is -0.493 e. The molecule has 10 heteroatoms. The van der Waals surface area contributed by atoms with Gasteiger partial charge in [-0.3, -0.25) is 9.98 Å². The number of halogens is 6. The summed E-state index contributed by atoms with van der Waals surface area (Å²) in [5.41, 5.74) is 5.79. The maximum Gasteiger partial charge on any atom is 0.200 e. The molecule has 1 atom stereocenters. The molecule has 0 bridgehead atoms. The van der Waals surface area contributed by atoms with Gasteiger partial charge in [0.15, 0.2) is 23.3 Å². The van der Waals surface area contributed by atoms with E-state index in [1.54, 1.807) is 0 Å². The van der Waals surface area contributed by atoms with Crippen LogP contribution in [-0.4, -0.2) is 37.2 Å². The van der Waals surface area contributed by atoms with E-state index >= 15 is 0 Å². The highest BCUT2D eigenvalue weighted by atomic mass is 35.5. The van der Waals surface area contributed by atoms with Crippen LogP contribution in [0.3, 0.4) is 0 Å². The number of benzene rings is 4. The molecule has 1 aliphatic carbocycles. The van der Waals surface area contributed by atoms with Crippen molar-refractivity contribution in [1.82, 2.24) is 0 Å². The number of hydrogen-bond donors (Lipinski definition) is 0. The molecule has 56 heavy (non-hydrogen) atoms. The van der Waals surface area contributed by atoms with Crippen molar-refractivity contribution < 1.29 is 31.4 Å². The fourth-order valence-corrected chi connectivity index (χ4v) is 7.16. The molecule has 4 nitrogen and oxygen atoms in total. The van der Waals surface area contributed by atoms with E-state index in [9.17, 15) is 22.0 Å². The lowest BCUT2D eigenvalue weighted by atomic mass is 9.90. The van der Waals surface area contributed by atoms with Gasteiger partial charge in [-0.25, -0.2) is 22.0 Å². The molecule has 0 spiro atoms. The van der Waals surface area contributed by atoms with Gasteiger partial charge in [-0.1, -0.05) is 62.9 Å². The SMILES string of the molecule is CC(C)COc1ccc2c(c1)CC(C)N=C2C=Cc1ccc(Cl)cc1.Fc1c(F)c(F)c(/C=C/C2=NCCc3cc(OCC4CCCCC4)ccc32)c(F)c1F. The molecule has 0 amide bonds. The fourth-order valence-electron chi connectivity index (χ4n) is 7.03. The van der Waals surface area contributed by atoms with E-state index in [1.165, 1.54) is 49.3 Å². The summed E-state index contributed by atoms with van der Waals surface area (Å²) in [6, 6.07) is 20.0. The Morgan fingerprint density at radius 3 is 2.00 bits per heavy atom. The largest absolute Gasteiger partial charge is 0.493 e. The van der Waals surface area contributed by atoms with E-state index < -0.39 is 34.6 Å². The van der Waals surface area contributed by atoms with Gasteiger partial charge in [-0.2, -0.15) is 0 Å². The highest BCUT2D eigenvalue weighted by Gasteiger charge is 2.25. The summed E-state index contributed by atoms with van der Waals surface area (Å²) in [5, 5.41) is 0.750. The molecule has 0 saturated heterocycles. The highest BCUT2D eigenvalue weighted by molar-refractivity contribution is 6.30. The van der Waals surface area contributed by atoms with Gasteiger partial charge in [0.25, 0.3) is 0 Å². The third-order valence-corrected chi connectivity index (χ3v) is 10.2. The molecule has 4 aromatic carbocycles. The van der Waals surface area contributed by atoms with Crippen molar-refractivity contribution in [3.05, 3.63) is 140 Å². The van der Waals surface area contributed by atoms with E-state index in [0.717, 1.165) is 58.0 Å². The van der Waals surface area contributed by atoms with Gasteiger partial charge >= 0.3 is 0 Å². The molecule has 2 heterocycles. The molecular formula is C46H46ClF5N2O2. The Morgan fingerprint density at radius 2 is 1.32 bits per heavy atom. The Hall–Kier alpha value is -4.76. The third-order valence-electron chi connectivity index (χ3n) is 9.99. The van der Waals surface area contributed by atoms with Crippen molar-refractivity contribution in [2.24, 2.45) is 21.8 Å². The van der Waals surface area contributed by atoms with Crippen LogP contribution in [0.1, 0.15) is 86.3 Å². The van der Waals surface area contributed by atoms with Gasteiger partial charge in [-0.15, -0.1) is 0 Å². The third kappa shape index (κ3) is 10.3. The van der Waals surface area contributed by atoms with Crippen LogP contribution in [0, 0.1) is 40.9 Å². The van der Waals surface area contributed by atoms with Gasteiger partial charge < -0.3 is 9.47 Å². The monoisotopic (exact) mass is 788 g/mol. The van der Waals surface area contributed by atoms with Gasteiger partial charge in [0.2, 0.25) is 5.82 Å². The summed E-state index contributed by atoms with van der Waals surface area (Å²) in [6.45, 7) is 8.35. The van der Waals surface area contributed by atoms with Crippen molar-refractivity contribution >= 4 is 35.2 Å². The first-order valence-electron chi connectivity index (χ1n) is 19.2. The molecule has 0 radical (unpaired) electrons. The number of rotatable bonds is 10. The zero-order valence-corrected chi connectivity index (χ0v) is 32.6. The lowest BCUT2D eigenvalue weighted by Crippen LogP contribution is -2.17. The van der Waals surface area contributed by atoms with Crippen molar-refractivity contribution in [2.75, 3.05) is 19.8 Å². The van der Waals surface area contributed by atoms with Crippen LogP contribution in [0.4, 0.5) is 22.0 Å². The van der Waals surface area contributed by atoms with E-state index in [4.69, 9.17) is 26.1 Å². The van der Waals surface area contributed by atoms with Gasteiger partial charge in [0.05, 0.1) is 36.2 Å². The summed E-state index contributed by atoms with van der Waals surface area (Å²) < 4.78 is 79.7.